The Morgan fingerprint density at radius 3 is 2.72 bits per heavy atom. The molecule has 3 rings (SSSR count). The summed E-state index contributed by atoms with van der Waals surface area (Å²) in [4.78, 5) is 6.66. The van der Waals surface area contributed by atoms with E-state index in [0.717, 1.165) is 49.7 Å². The number of hydrogen-bond donors (Lipinski definition) is 1. The second kappa shape index (κ2) is 8.72. The molecular formula is C20H27N3O2. The first-order valence-corrected chi connectivity index (χ1v) is 8.97. The van der Waals surface area contributed by atoms with E-state index < -0.39 is 0 Å². The van der Waals surface area contributed by atoms with Gasteiger partial charge in [0.25, 0.3) is 0 Å². The molecule has 0 bridgehead atoms. The van der Waals surface area contributed by atoms with Gasteiger partial charge in [-0.25, -0.2) is 0 Å². The molecule has 0 atom stereocenters. The quantitative estimate of drug-likeness (QED) is 0.834. The smallest absolute Gasteiger partial charge is 0.161 e. The molecule has 0 saturated carbocycles. The Morgan fingerprint density at radius 2 is 2.04 bits per heavy atom. The van der Waals surface area contributed by atoms with Crippen molar-refractivity contribution in [1.82, 2.24) is 9.88 Å². The zero-order chi connectivity index (χ0) is 17.5. The van der Waals surface area contributed by atoms with E-state index in [1.54, 1.807) is 13.3 Å². The van der Waals surface area contributed by atoms with E-state index in [2.05, 4.69) is 33.4 Å². The fourth-order valence-corrected chi connectivity index (χ4v) is 3.27. The average Bonchev–Trinajstić information content (AvgIpc) is 2.65. The lowest BCUT2D eigenvalue weighted by molar-refractivity contribution is 0.211. The summed E-state index contributed by atoms with van der Waals surface area (Å²) in [5.74, 6) is 1.63. The summed E-state index contributed by atoms with van der Waals surface area (Å²) in [5, 5.41) is 3.58. The first kappa shape index (κ1) is 17.5. The molecule has 1 aliphatic heterocycles. The van der Waals surface area contributed by atoms with Crippen LogP contribution in [-0.4, -0.2) is 42.7 Å². The molecule has 0 radical (unpaired) electrons. The van der Waals surface area contributed by atoms with Crippen LogP contribution in [0.4, 0.5) is 5.69 Å². The molecular weight excluding hydrogens is 314 g/mol. The predicted molar refractivity (Wildman–Crippen MR) is 100 cm³/mol. The predicted octanol–water partition coefficient (Wildman–Crippen LogP) is 3.57. The minimum absolute atomic E-state index is 0.523. The Labute approximate surface area is 150 Å². The highest BCUT2D eigenvalue weighted by Crippen LogP contribution is 2.29. The van der Waals surface area contributed by atoms with Crippen LogP contribution in [0.3, 0.4) is 0 Å². The normalized spacial score (nSPS) is 15.8. The molecule has 0 amide bonds. The molecule has 0 unspecified atom stereocenters. The van der Waals surface area contributed by atoms with Gasteiger partial charge in [-0.05, 0) is 49.6 Å². The molecule has 5 nitrogen and oxygen atoms in total. The number of nitrogens with zero attached hydrogens (tertiary/aromatic N) is 2. The first-order valence-electron chi connectivity index (χ1n) is 8.97. The molecule has 1 aromatic heterocycles. The SMILES string of the molecule is CCOc1cc(CN2CCC(Nc3cccnc3)CC2)ccc1OC. The van der Waals surface area contributed by atoms with Crippen molar-refractivity contribution in [2.75, 3.05) is 32.1 Å². The van der Waals surface area contributed by atoms with Gasteiger partial charge in [0, 0.05) is 38.1 Å². The third-order valence-corrected chi connectivity index (χ3v) is 4.55. The van der Waals surface area contributed by atoms with Crippen LogP contribution in [0.1, 0.15) is 25.3 Å². The molecule has 1 saturated heterocycles. The van der Waals surface area contributed by atoms with Gasteiger partial charge in [-0.2, -0.15) is 0 Å². The molecule has 2 heterocycles. The average molecular weight is 341 g/mol. The second-order valence-corrected chi connectivity index (χ2v) is 6.35. The van der Waals surface area contributed by atoms with Crippen molar-refractivity contribution in [3.8, 4) is 11.5 Å². The lowest BCUT2D eigenvalue weighted by Crippen LogP contribution is -2.38. The van der Waals surface area contributed by atoms with E-state index >= 15 is 0 Å². The lowest BCUT2D eigenvalue weighted by Gasteiger charge is -2.33. The van der Waals surface area contributed by atoms with Crippen molar-refractivity contribution >= 4 is 5.69 Å². The first-order chi connectivity index (χ1) is 12.3. The number of anilines is 1. The molecule has 2 aromatic rings. The Balaban J connectivity index is 1.52. The number of methoxy groups -OCH3 is 1. The maximum atomic E-state index is 5.68. The van der Waals surface area contributed by atoms with Gasteiger partial charge < -0.3 is 14.8 Å². The fourth-order valence-electron chi connectivity index (χ4n) is 3.27. The molecule has 5 heteroatoms. The highest BCUT2D eigenvalue weighted by atomic mass is 16.5. The fraction of sp³-hybridized carbons (Fsp3) is 0.450. The Hall–Kier alpha value is -2.27. The Bertz CT molecular complexity index is 655. The lowest BCUT2D eigenvalue weighted by atomic mass is 10.0. The van der Waals surface area contributed by atoms with Crippen LogP contribution >= 0.6 is 0 Å². The summed E-state index contributed by atoms with van der Waals surface area (Å²) in [5.41, 5.74) is 2.38. The van der Waals surface area contributed by atoms with Crippen molar-refractivity contribution in [1.29, 1.82) is 0 Å². The van der Waals surface area contributed by atoms with Crippen LogP contribution in [0.15, 0.2) is 42.7 Å². The summed E-state index contributed by atoms with van der Waals surface area (Å²) in [7, 11) is 1.68. The third kappa shape index (κ3) is 4.86. The van der Waals surface area contributed by atoms with Crippen LogP contribution < -0.4 is 14.8 Å². The standard InChI is InChI=1S/C20H27N3O2/c1-3-25-20-13-16(6-7-19(20)24-2)15-23-11-8-17(9-12-23)22-18-5-4-10-21-14-18/h4-7,10,13-14,17,22H,3,8-9,11-12,15H2,1-2H3. The van der Waals surface area contributed by atoms with Crippen molar-refractivity contribution in [2.24, 2.45) is 0 Å². The number of piperidine rings is 1. The van der Waals surface area contributed by atoms with E-state index in [4.69, 9.17) is 9.47 Å². The number of rotatable bonds is 7. The van der Waals surface area contributed by atoms with Gasteiger partial charge in [0.05, 0.1) is 19.4 Å². The number of hydrogen-bond acceptors (Lipinski definition) is 5. The van der Waals surface area contributed by atoms with E-state index in [-0.39, 0.29) is 0 Å². The topological polar surface area (TPSA) is 46.6 Å². The van der Waals surface area contributed by atoms with Gasteiger partial charge in [0.2, 0.25) is 0 Å². The highest BCUT2D eigenvalue weighted by Gasteiger charge is 2.19. The van der Waals surface area contributed by atoms with Crippen molar-refractivity contribution in [2.45, 2.75) is 32.4 Å². The van der Waals surface area contributed by atoms with Crippen LogP contribution in [-0.2, 0) is 6.54 Å². The zero-order valence-corrected chi connectivity index (χ0v) is 15.1. The maximum absolute atomic E-state index is 5.68. The molecule has 1 N–H and O–H groups in total. The summed E-state index contributed by atoms with van der Waals surface area (Å²) in [6, 6.07) is 10.8. The summed E-state index contributed by atoms with van der Waals surface area (Å²) >= 11 is 0. The Kier molecular flexibility index (Phi) is 6.12. The largest absolute Gasteiger partial charge is 0.493 e. The van der Waals surface area contributed by atoms with Crippen LogP contribution in [0.25, 0.3) is 0 Å². The van der Waals surface area contributed by atoms with Crippen molar-refractivity contribution in [3.05, 3.63) is 48.3 Å². The van der Waals surface area contributed by atoms with Gasteiger partial charge in [-0.3, -0.25) is 9.88 Å². The third-order valence-electron chi connectivity index (χ3n) is 4.55. The van der Waals surface area contributed by atoms with Gasteiger partial charge in [-0.1, -0.05) is 6.07 Å². The van der Waals surface area contributed by atoms with Crippen molar-refractivity contribution in [3.63, 3.8) is 0 Å². The number of ether oxygens (including phenoxy) is 2. The van der Waals surface area contributed by atoms with Crippen LogP contribution in [0.2, 0.25) is 0 Å². The molecule has 0 spiro atoms. The number of nitrogens with one attached hydrogen (secondary N) is 1. The number of pyridine rings is 1. The van der Waals surface area contributed by atoms with Crippen LogP contribution in [0.5, 0.6) is 11.5 Å². The Morgan fingerprint density at radius 1 is 1.20 bits per heavy atom. The maximum Gasteiger partial charge on any atom is 0.161 e. The molecule has 1 aromatic carbocycles. The van der Waals surface area contributed by atoms with E-state index in [1.165, 1.54) is 5.56 Å². The van der Waals surface area contributed by atoms with Gasteiger partial charge >= 0.3 is 0 Å². The van der Waals surface area contributed by atoms with E-state index in [1.807, 2.05) is 25.3 Å². The van der Waals surface area contributed by atoms with E-state index in [9.17, 15) is 0 Å². The minimum atomic E-state index is 0.523. The van der Waals surface area contributed by atoms with Crippen molar-refractivity contribution < 1.29 is 9.47 Å². The highest BCUT2D eigenvalue weighted by molar-refractivity contribution is 5.43. The molecule has 1 aliphatic rings. The van der Waals surface area contributed by atoms with Gasteiger partial charge in [-0.15, -0.1) is 0 Å². The van der Waals surface area contributed by atoms with Gasteiger partial charge in [0.15, 0.2) is 11.5 Å². The van der Waals surface area contributed by atoms with Crippen LogP contribution in [0, 0.1) is 0 Å². The van der Waals surface area contributed by atoms with Gasteiger partial charge in [0.1, 0.15) is 0 Å². The number of benzene rings is 1. The minimum Gasteiger partial charge on any atom is -0.493 e. The summed E-state index contributed by atoms with van der Waals surface area (Å²) in [6.07, 6.45) is 5.98. The zero-order valence-electron chi connectivity index (χ0n) is 15.1. The number of aromatic nitrogens is 1. The summed E-state index contributed by atoms with van der Waals surface area (Å²) < 4.78 is 11.0. The molecule has 0 aliphatic carbocycles. The second-order valence-electron chi connectivity index (χ2n) is 6.35. The van der Waals surface area contributed by atoms with E-state index in [0.29, 0.717) is 12.6 Å². The molecule has 1 fully saturated rings. The summed E-state index contributed by atoms with van der Waals surface area (Å²) in [6.45, 7) is 5.77. The molecule has 25 heavy (non-hydrogen) atoms. The molecule has 134 valence electrons. The number of likely N-dealkylation sites (tertiary alicyclic amines) is 1. The monoisotopic (exact) mass is 341 g/mol.